The van der Waals surface area contributed by atoms with Crippen molar-refractivity contribution in [3.05, 3.63) is 47.5 Å². The van der Waals surface area contributed by atoms with Crippen LogP contribution in [0.25, 0.3) is 10.2 Å². The summed E-state index contributed by atoms with van der Waals surface area (Å²) in [5.74, 6) is 1.03. The number of nitrogens with one attached hydrogen (secondary N) is 1. The second-order valence-electron chi connectivity index (χ2n) is 5.71. The van der Waals surface area contributed by atoms with Crippen LogP contribution in [0.5, 0.6) is 11.5 Å². The van der Waals surface area contributed by atoms with E-state index in [2.05, 4.69) is 10.3 Å². The number of fused-ring (bicyclic) bond motifs is 2. The monoisotopic (exact) mass is 340 g/mol. The molecule has 0 saturated heterocycles. The Morgan fingerprint density at radius 2 is 1.92 bits per heavy atom. The molecule has 0 aliphatic carbocycles. The third kappa shape index (κ3) is 2.69. The quantitative estimate of drug-likeness (QED) is 0.771. The predicted octanol–water partition coefficient (Wildman–Crippen LogP) is 3.77. The van der Waals surface area contributed by atoms with Crippen molar-refractivity contribution in [3.8, 4) is 11.5 Å². The molecule has 1 aromatic heterocycles. The molecule has 1 aliphatic heterocycles. The number of benzene rings is 2. The average molecular weight is 340 g/mol. The van der Waals surface area contributed by atoms with Gasteiger partial charge in [0.1, 0.15) is 6.10 Å². The molecule has 0 saturated carbocycles. The molecule has 3 aromatic rings. The first-order chi connectivity index (χ1) is 11.6. The molecule has 2 heterocycles. The van der Waals surface area contributed by atoms with Gasteiger partial charge >= 0.3 is 0 Å². The number of para-hydroxylation sites is 2. The predicted molar refractivity (Wildman–Crippen MR) is 93.9 cm³/mol. The molecular formula is C18H16N2O3S. The highest BCUT2D eigenvalue weighted by Crippen LogP contribution is 2.34. The molecule has 2 unspecified atom stereocenters. The van der Waals surface area contributed by atoms with E-state index in [0.29, 0.717) is 11.5 Å². The van der Waals surface area contributed by atoms with Crippen LogP contribution < -0.4 is 14.8 Å². The molecule has 122 valence electrons. The summed E-state index contributed by atoms with van der Waals surface area (Å²) in [7, 11) is 0. The van der Waals surface area contributed by atoms with Gasteiger partial charge in [-0.05, 0) is 44.2 Å². The minimum atomic E-state index is -0.696. The molecule has 0 spiro atoms. The van der Waals surface area contributed by atoms with Gasteiger partial charge in [-0.25, -0.2) is 4.98 Å². The van der Waals surface area contributed by atoms with E-state index in [1.54, 1.807) is 17.4 Å². The summed E-state index contributed by atoms with van der Waals surface area (Å²) in [5, 5.41) is 3.91. The Balaban J connectivity index is 1.54. The van der Waals surface area contributed by atoms with E-state index < -0.39 is 6.10 Å². The fraction of sp³-hybridized carbons (Fsp3) is 0.222. The smallest absolute Gasteiger partial charge is 0.269 e. The zero-order valence-electron chi connectivity index (χ0n) is 13.3. The largest absolute Gasteiger partial charge is 0.482 e. The molecule has 2 atom stereocenters. The topological polar surface area (TPSA) is 60.5 Å². The van der Waals surface area contributed by atoms with Crippen LogP contribution >= 0.6 is 11.3 Å². The van der Waals surface area contributed by atoms with Gasteiger partial charge in [-0.3, -0.25) is 4.79 Å². The standard InChI is InChI=1S/C18H16N2O3S/c1-10-17(23-15-6-4-3-5-14(15)22-10)18(21)20-12-7-8-13-16(9-12)24-11(2)19-13/h3-10,17H,1-2H3,(H,20,21). The number of ether oxygens (including phenoxy) is 2. The second-order valence-corrected chi connectivity index (χ2v) is 6.95. The Morgan fingerprint density at radius 3 is 2.71 bits per heavy atom. The van der Waals surface area contributed by atoms with Crippen molar-refractivity contribution in [1.82, 2.24) is 4.98 Å². The summed E-state index contributed by atoms with van der Waals surface area (Å²) in [5.41, 5.74) is 1.67. The first kappa shape index (κ1) is 15.0. The van der Waals surface area contributed by atoms with E-state index in [1.165, 1.54) is 0 Å². The van der Waals surface area contributed by atoms with Crippen LogP contribution in [0.3, 0.4) is 0 Å². The van der Waals surface area contributed by atoms with Gasteiger partial charge < -0.3 is 14.8 Å². The number of nitrogens with zero attached hydrogens (tertiary/aromatic N) is 1. The number of aryl methyl sites for hydroxylation is 1. The van der Waals surface area contributed by atoms with Gasteiger partial charge in [0.05, 0.1) is 15.2 Å². The van der Waals surface area contributed by atoms with Crippen molar-refractivity contribution < 1.29 is 14.3 Å². The zero-order valence-corrected chi connectivity index (χ0v) is 14.1. The molecule has 2 aromatic carbocycles. The number of rotatable bonds is 2. The molecule has 0 bridgehead atoms. The van der Waals surface area contributed by atoms with E-state index in [-0.39, 0.29) is 12.0 Å². The lowest BCUT2D eigenvalue weighted by atomic mass is 10.1. The lowest BCUT2D eigenvalue weighted by molar-refractivity contribution is -0.128. The Labute approximate surface area is 143 Å². The molecule has 0 fully saturated rings. The van der Waals surface area contributed by atoms with Crippen molar-refractivity contribution in [1.29, 1.82) is 0 Å². The van der Waals surface area contributed by atoms with Crippen molar-refractivity contribution in [3.63, 3.8) is 0 Å². The van der Waals surface area contributed by atoms with Crippen molar-refractivity contribution in [2.75, 3.05) is 5.32 Å². The van der Waals surface area contributed by atoms with Crippen LogP contribution in [-0.4, -0.2) is 23.1 Å². The number of thiazole rings is 1. The summed E-state index contributed by atoms with van der Waals surface area (Å²) < 4.78 is 12.7. The fourth-order valence-corrected chi connectivity index (χ4v) is 3.60. The van der Waals surface area contributed by atoms with E-state index in [4.69, 9.17) is 9.47 Å². The Hall–Kier alpha value is -2.60. The van der Waals surface area contributed by atoms with Crippen molar-refractivity contribution in [2.24, 2.45) is 0 Å². The number of carbonyl (C=O) groups excluding carboxylic acids is 1. The van der Waals surface area contributed by atoms with Crippen molar-refractivity contribution >= 4 is 33.1 Å². The van der Waals surface area contributed by atoms with Gasteiger partial charge in [0.2, 0.25) is 6.10 Å². The van der Waals surface area contributed by atoms with Crippen molar-refractivity contribution in [2.45, 2.75) is 26.1 Å². The molecule has 24 heavy (non-hydrogen) atoms. The molecule has 4 rings (SSSR count). The third-order valence-corrected chi connectivity index (χ3v) is 4.80. The van der Waals surface area contributed by atoms with Crippen LogP contribution in [0.15, 0.2) is 42.5 Å². The van der Waals surface area contributed by atoms with Crippen LogP contribution in [0, 0.1) is 6.92 Å². The first-order valence-electron chi connectivity index (χ1n) is 7.70. The van der Waals surface area contributed by atoms with Crippen LogP contribution in [0.4, 0.5) is 5.69 Å². The maximum absolute atomic E-state index is 12.6. The molecule has 0 radical (unpaired) electrons. The lowest BCUT2D eigenvalue weighted by Crippen LogP contribution is -2.46. The minimum absolute atomic E-state index is 0.224. The first-order valence-corrected chi connectivity index (χ1v) is 8.52. The molecule has 1 aliphatic rings. The van der Waals surface area contributed by atoms with Gasteiger partial charge in [0.25, 0.3) is 5.91 Å². The molecular weight excluding hydrogens is 324 g/mol. The normalized spacial score (nSPS) is 19.2. The summed E-state index contributed by atoms with van der Waals surface area (Å²) >= 11 is 1.60. The summed E-state index contributed by atoms with van der Waals surface area (Å²) in [6.45, 7) is 3.80. The number of hydrogen-bond acceptors (Lipinski definition) is 5. The van der Waals surface area contributed by atoms with E-state index >= 15 is 0 Å². The van der Waals surface area contributed by atoms with E-state index in [9.17, 15) is 4.79 Å². The minimum Gasteiger partial charge on any atom is -0.482 e. The van der Waals surface area contributed by atoms with E-state index in [1.807, 2.05) is 50.2 Å². The van der Waals surface area contributed by atoms with Gasteiger partial charge in [-0.15, -0.1) is 11.3 Å². The second kappa shape index (κ2) is 5.79. The molecule has 1 amide bonds. The number of amides is 1. The van der Waals surface area contributed by atoms with Crippen LogP contribution in [0.2, 0.25) is 0 Å². The maximum Gasteiger partial charge on any atom is 0.269 e. The Bertz CT molecular complexity index is 922. The number of anilines is 1. The highest BCUT2D eigenvalue weighted by atomic mass is 32.1. The summed E-state index contributed by atoms with van der Waals surface area (Å²) in [6, 6.07) is 13.1. The van der Waals surface area contributed by atoms with Gasteiger partial charge in [0, 0.05) is 5.69 Å². The third-order valence-electron chi connectivity index (χ3n) is 3.86. The number of aromatic nitrogens is 1. The van der Waals surface area contributed by atoms with Gasteiger partial charge in [0.15, 0.2) is 11.5 Å². The highest BCUT2D eigenvalue weighted by Gasteiger charge is 2.34. The number of hydrogen-bond donors (Lipinski definition) is 1. The SMILES string of the molecule is Cc1nc2ccc(NC(=O)C3Oc4ccccc4OC3C)cc2s1. The van der Waals surface area contributed by atoms with Crippen LogP contribution in [0.1, 0.15) is 11.9 Å². The van der Waals surface area contributed by atoms with E-state index in [0.717, 1.165) is 20.9 Å². The lowest BCUT2D eigenvalue weighted by Gasteiger charge is -2.31. The molecule has 5 nitrogen and oxygen atoms in total. The Kier molecular flexibility index (Phi) is 3.61. The van der Waals surface area contributed by atoms with Gasteiger partial charge in [-0.2, -0.15) is 0 Å². The molecule has 1 N–H and O–H groups in total. The van der Waals surface area contributed by atoms with Gasteiger partial charge in [-0.1, -0.05) is 12.1 Å². The average Bonchev–Trinajstić information content (AvgIpc) is 2.93. The summed E-state index contributed by atoms with van der Waals surface area (Å²) in [6.07, 6.45) is -1.06. The summed E-state index contributed by atoms with van der Waals surface area (Å²) in [4.78, 5) is 17.0. The Morgan fingerprint density at radius 1 is 1.17 bits per heavy atom. The fourth-order valence-electron chi connectivity index (χ4n) is 2.74. The molecule has 6 heteroatoms. The highest BCUT2D eigenvalue weighted by molar-refractivity contribution is 7.18. The number of carbonyl (C=O) groups is 1. The van der Waals surface area contributed by atoms with Crippen LogP contribution in [-0.2, 0) is 4.79 Å². The maximum atomic E-state index is 12.6. The zero-order chi connectivity index (χ0) is 16.7.